The molecular formula is C17H20FN3O5. The molecule has 3 heterocycles. The number of cyclic esters (lactones) is 1. The van der Waals surface area contributed by atoms with Crippen LogP contribution in [0.15, 0.2) is 18.2 Å². The van der Waals surface area contributed by atoms with Gasteiger partial charge in [0.1, 0.15) is 11.9 Å². The van der Waals surface area contributed by atoms with Crippen LogP contribution < -0.4 is 9.80 Å². The molecule has 8 nitrogen and oxygen atoms in total. The smallest absolute Gasteiger partial charge is 0.414 e. The maximum atomic E-state index is 14.7. The normalized spacial score (nSPS) is 27.2. The molecule has 2 bridgehead atoms. The summed E-state index contributed by atoms with van der Waals surface area (Å²) in [6, 6.07) is 4.85. The topological polar surface area (TPSA) is 82.6 Å². The zero-order valence-electron chi connectivity index (χ0n) is 14.3. The summed E-state index contributed by atoms with van der Waals surface area (Å²) in [5.41, 5.74) is 0.887. The Balaban J connectivity index is 1.47. The lowest BCUT2D eigenvalue weighted by atomic mass is 10.2. The number of benzene rings is 1. The molecule has 0 spiro atoms. The van der Waals surface area contributed by atoms with E-state index in [0.29, 0.717) is 29.6 Å². The number of ether oxygens (including phenoxy) is 2. The molecule has 3 saturated heterocycles. The Morgan fingerprint density at radius 2 is 2.23 bits per heavy atom. The number of anilines is 2. The van der Waals surface area contributed by atoms with E-state index in [9.17, 15) is 19.2 Å². The van der Waals surface area contributed by atoms with E-state index in [-0.39, 0.29) is 25.2 Å². The van der Waals surface area contributed by atoms with Gasteiger partial charge in [-0.1, -0.05) is 0 Å². The zero-order valence-corrected chi connectivity index (χ0v) is 14.3. The molecule has 3 aliphatic heterocycles. The van der Waals surface area contributed by atoms with E-state index >= 15 is 0 Å². The number of carbonyl (C=O) groups excluding carboxylic acids is 2. The van der Waals surface area contributed by atoms with Crippen molar-refractivity contribution in [3.05, 3.63) is 24.0 Å². The van der Waals surface area contributed by atoms with Gasteiger partial charge in [-0.15, -0.1) is 0 Å². The monoisotopic (exact) mass is 365 g/mol. The minimum absolute atomic E-state index is 0.129. The molecule has 4 rings (SSSR count). The third-order valence-electron chi connectivity index (χ3n) is 5.07. The number of carbonyl (C=O) groups is 2. The quantitative estimate of drug-likeness (QED) is 0.641. The van der Waals surface area contributed by atoms with Crippen LogP contribution in [0.3, 0.4) is 0 Å². The largest absolute Gasteiger partial charge is 0.442 e. The molecule has 1 aromatic rings. The highest BCUT2D eigenvalue weighted by molar-refractivity contribution is 5.90. The Hall–Kier alpha value is -2.39. The van der Waals surface area contributed by atoms with Gasteiger partial charge in [-0.05, 0) is 24.6 Å². The molecule has 2 amide bonds. The standard InChI is InChI=1S/C17H20FN3O5/c1-10(22)21(24)8-14-7-20(17(23)26-14)11-2-3-16(15(18)5-11)19-6-13-4-12(19)9-25-13/h2-3,5,12-14,24H,4,6-9H2,1H3/t12-,13-,14-/m0/s1. The molecule has 1 N–H and O–H groups in total. The van der Waals surface area contributed by atoms with Gasteiger partial charge in [0.25, 0.3) is 0 Å². The van der Waals surface area contributed by atoms with Crippen molar-refractivity contribution in [2.24, 2.45) is 0 Å². The highest BCUT2D eigenvalue weighted by atomic mass is 19.1. The van der Waals surface area contributed by atoms with Crippen molar-refractivity contribution in [2.45, 2.75) is 31.6 Å². The van der Waals surface area contributed by atoms with Crippen molar-refractivity contribution in [1.29, 1.82) is 0 Å². The van der Waals surface area contributed by atoms with Gasteiger partial charge in [0.15, 0.2) is 0 Å². The maximum Gasteiger partial charge on any atom is 0.414 e. The molecular weight excluding hydrogens is 345 g/mol. The van der Waals surface area contributed by atoms with Gasteiger partial charge in [0.05, 0.1) is 43.2 Å². The summed E-state index contributed by atoms with van der Waals surface area (Å²) in [7, 11) is 0. The summed E-state index contributed by atoms with van der Waals surface area (Å²) < 4.78 is 25.3. The minimum atomic E-state index is -0.675. The van der Waals surface area contributed by atoms with E-state index in [2.05, 4.69) is 0 Å². The van der Waals surface area contributed by atoms with Crippen molar-refractivity contribution in [3.63, 3.8) is 0 Å². The van der Waals surface area contributed by atoms with Crippen molar-refractivity contribution in [2.75, 3.05) is 36.0 Å². The fourth-order valence-electron chi connectivity index (χ4n) is 3.74. The first-order valence-electron chi connectivity index (χ1n) is 8.55. The third-order valence-corrected chi connectivity index (χ3v) is 5.07. The van der Waals surface area contributed by atoms with Crippen LogP contribution in [0.4, 0.5) is 20.6 Å². The molecule has 3 atom stereocenters. The van der Waals surface area contributed by atoms with Gasteiger partial charge < -0.3 is 14.4 Å². The van der Waals surface area contributed by atoms with Crippen LogP contribution in [-0.2, 0) is 14.3 Å². The van der Waals surface area contributed by atoms with Gasteiger partial charge in [0.2, 0.25) is 5.91 Å². The summed E-state index contributed by atoms with van der Waals surface area (Å²) in [5.74, 6) is -0.947. The van der Waals surface area contributed by atoms with Crippen molar-refractivity contribution in [1.82, 2.24) is 5.06 Å². The predicted molar refractivity (Wildman–Crippen MR) is 88.7 cm³/mol. The van der Waals surface area contributed by atoms with Crippen LogP contribution >= 0.6 is 0 Å². The number of fused-ring (bicyclic) bond motifs is 2. The number of nitrogens with zero attached hydrogens (tertiary/aromatic N) is 3. The fourth-order valence-corrected chi connectivity index (χ4v) is 3.74. The number of morpholine rings is 1. The Labute approximate surface area is 149 Å². The number of amides is 2. The van der Waals surface area contributed by atoms with Gasteiger partial charge in [-0.25, -0.2) is 14.2 Å². The lowest BCUT2D eigenvalue weighted by Gasteiger charge is -2.29. The Kier molecular flexibility index (Phi) is 4.20. The van der Waals surface area contributed by atoms with Crippen LogP contribution in [0, 0.1) is 5.82 Å². The molecule has 3 fully saturated rings. The van der Waals surface area contributed by atoms with Crippen molar-refractivity contribution in [3.8, 4) is 0 Å². The highest BCUT2D eigenvalue weighted by Gasteiger charge is 2.40. The third kappa shape index (κ3) is 2.97. The van der Waals surface area contributed by atoms with E-state index < -0.39 is 23.9 Å². The van der Waals surface area contributed by atoms with Crippen LogP contribution in [0.2, 0.25) is 0 Å². The van der Waals surface area contributed by atoms with Gasteiger partial charge in [-0.2, -0.15) is 0 Å². The molecule has 0 unspecified atom stereocenters. The summed E-state index contributed by atoms with van der Waals surface area (Å²) >= 11 is 0. The van der Waals surface area contributed by atoms with E-state index in [1.165, 1.54) is 17.9 Å². The lowest BCUT2D eigenvalue weighted by molar-refractivity contribution is -0.166. The van der Waals surface area contributed by atoms with Crippen LogP contribution in [0.25, 0.3) is 0 Å². The van der Waals surface area contributed by atoms with Crippen molar-refractivity contribution >= 4 is 23.4 Å². The number of hydrogen-bond donors (Lipinski definition) is 1. The Bertz CT molecular complexity index is 745. The predicted octanol–water partition coefficient (Wildman–Crippen LogP) is 1.37. The van der Waals surface area contributed by atoms with Crippen molar-refractivity contribution < 1.29 is 28.7 Å². The molecule has 0 radical (unpaired) electrons. The van der Waals surface area contributed by atoms with Gasteiger partial charge in [-0.3, -0.25) is 14.9 Å². The Morgan fingerprint density at radius 1 is 1.42 bits per heavy atom. The number of halogens is 1. The zero-order chi connectivity index (χ0) is 18.4. The minimum Gasteiger partial charge on any atom is -0.442 e. The average Bonchev–Trinajstić information content (AvgIpc) is 3.30. The molecule has 1 aromatic carbocycles. The first-order valence-corrected chi connectivity index (χ1v) is 8.55. The van der Waals surface area contributed by atoms with E-state index in [0.717, 1.165) is 6.42 Å². The molecule has 0 aliphatic carbocycles. The molecule has 140 valence electrons. The van der Waals surface area contributed by atoms with E-state index in [1.807, 2.05) is 4.90 Å². The molecule has 26 heavy (non-hydrogen) atoms. The first kappa shape index (κ1) is 17.0. The number of hydrogen-bond acceptors (Lipinski definition) is 6. The average molecular weight is 365 g/mol. The van der Waals surface area contributed by atoms with Crippen LogP contribution in [0.5, 0.6) is 0 Å². The van der Waals surface area contributed by atoms with E-state index in [1.54, 1.807) is 12.1 Å². The summed E-state index contributed by atoms with van der Waals surface area (Å²) in [5, 5.41) is 9.98. The summed E-state index contributed by atoms with van der Waals surface area (Å²) in [6.45, 7) is 2.49. The first-order chi connectivity index (χ1) is 12.4. The van der Waals surface area contributed by atoms with E-state index in [4.69, 9.17) is 9.47 Å². The second-order valence-electron chi connectivity index (χ2n) is 6.85. The Morgan fingerprint density at radius 3 is 2.85 bits per heavy atom. The molecule has 0 aromatic heterocycles. The fraction of sp³-hybridized carbons (Fsp3) is 0.529. The van der Waals surface area contributed by atoms with Crippen LogP contribution in [-0.4, -0.2) is 66.8 Å². The number of hydroxylamine groups is 2. The SMILES string of the molecule is CC(=O)N(O)C[C@@H]1CN(c2ccc(N3C[C@@H]4C[C@H]3CO4)c(F)c2)C(=O)O1. The molecule has 3 aliphatic rings. The van der Waals surface area contributed by atoms with Gasteiger partial charge >= 0.3 is 6.09 Å². The molecule has 0 saturated carbocycles. The van der Waals surface area contributed by atoms with Gasteiger partial charge in [0, 0.05) is 13.5 Å². The van der Waals surface area contributed by atoms with Crippen LogP contribution in [0.1, 0.15) is 13.3 Å². The highest BCUT2D eigenvalue weighted by Crippen LogP contribution is 2.35. The second-order valence-corrected chi connectivity index (χ2v) is 6.85. The summed E-state index contributed by atoms with van der Waals surface area (Å²) in [6.07, 6.45) is -0.232. The number of rotatable bonds is 4. The lowest BCUT2D eigenvalue weighted by Crippen LogP contribution is -2.37. The summed E-state index contributed by atoms with van der Waals surface area (Å²) in [4.78, 5) is 26.5. The maximum absolute atomic E-state index is 14.7. The molecule has 9 heteroatoms. The second kappa shape index (κ2) is 6.40.